The number of ether oxygens (including phenoxy) is 1. The van der Waals surface area contributed by atoms with Gasteiger partial charge in [-0.25, -0.2) is 8.42 Å². The summed E-state index contributed by atoms with van der Waals surface area (Å²) < 4.78 is 54.5. The van der Waals surface area contributed by atoms with Gasteiger partial charge in [0.05, 0.1) is 16.2 Å². The maximum absolute atomic E-state index is 12.7. The van der Waals surface area contributed by atoms with Crippen LogP contribution in [0.1, 0.15) is 26.7 Å². The Hall–Kier alpha value is -1.21. The molecule has 1 aliphatic rings. The molecular formula is C14H19F2NO3S. The molecule has 118 valence electrons. The van der Waals surface area contributed by atoms with Gasteiger partial charge in [-0.1, -0.05) is 12.1 Å². The Kier molecular flexibility index (Phi) is 4.53. The molecule has 1 heterocycles. The number of para-hydroxylation sites is 1. The minimum atomic E-state index is -4.61. The SMILES string of the molecule is CC1(C)CC(Nc2ccccc2S(=O)(=O)C(F)F)CCO1. The molecule has 0 aliphatic carbocycles. The lowest BCUT2D eigenvalue weighted by atomic mass is 9.94. The highest BCUT2D eigenvalue weighted by atomic mass is 32.2. The quantitative estimate of drug-likeness (QED) is 0.927. The maximum atomic E-state index is 12.7. The van der Waals surface area contributed by atoms with E-state index in [1.807, 2.05) is 13.8 Å². The van der Waals surface area contributed by atoms with Crippen molar-refractivity contribution in [3.05, 3.63) is 24.3 Å². The zero-order valence-corrected chi connectivity index (χ0v) is 12.8. The van der Waals surface area contributed by atoms with E-state index in [-0.39, 0.29) is 22.2 Å². The van der Waals surface area contributed by atoms with Crippen molar-refractivity contribution in [1.29, 1.82) is 0 Å². The fourth-order valence-electron chi connectivity index (χ4n) is 2.50. The summed E-state index contributed by atoms with van der Waals surface area (Å²) in [4.78, 5) is -0.357. The van der Waals surface area contributed by atoms with Gasteiger partial charge in [0, 0.05) is 12.6 Å². The summed E-state index contributed by atoms with van der Waals surface area (Å²) in [6.45, 7) is 4.44. The minimum absolute atomic E-state index is 0.0113. The third kappa shape index (κ3) is 3.71. The van der Waals surface area contributed by atoms with Crippen molar-refractivity contribution in [1.82, 2.24) is 0 Å². The van der Waals surface area contributed by atoms with Gasteiger partial charge in [0.15, 0.2) is 0 Å². The molecule has 7 heteroatoms. The molecule has 4 nitrogen and oxygen atoms in total. The Balaban J connectivity index is 2.26. The van der Waals surface area contributed by atoms with E-state index in [0.717, 1.165) is 0 Å². The minimum Gasteiger partial charge on any atom is -0.381 e. The van der Waals surface area contributed by atoms with E-state index in [4.69, 9.17) is 4.74 Å². The van der Waals surface area contributed by atoms with Crippen LogP contribution in [-0.4, -0.2) is 32.4 Å². The Morgan fingerprint density at radius 1 is 1.33 bits per heavy atom. The monoisotopic (exact) mass is 319 g/mol. The van der Waals surface area contributed by atoms with Gasteiger partial charge in [-0.05, 0) is 38.8 Å². The molecule has 1 saturated heterocycles. The molecule has 1 aromatic rings. The molecule has 0 radical (unpaired) electrons. The largest absolute Gasteiger partial charge is 0.381 e. The van der Waals surface area contributed by atoms with Crippen LogP contribution in [0.15, 0.2) is 29.2 Å². The van der Waals surface area contributed by atoms with Crippen molar-refractivity contribution < 1.29 is 21.9 Å². The van der Waals surface area contributed by atoms with Gasteiger partial charge >= 0.3 is 5.76 Å². The number of halogens is 2. The summed E-state index contributed by atoms with van der Waals surface area (Å²) in [5, 5.41) is 3.07. The third-order valence-corrected chi connectivity index (χ3v) is 4.92. The summed E-state index contributed by atoms with van der Waals surface area (Å²) in [6.07, 6.45) is 1.38. The Morgan fingerprint density at radius 3 is 2.62 bits per heavy atom. The molecule has 1 unspecified atom stereocenters. The van der Waals surface area contributed by atoms with Crippen LogP contribution in [0, 0.1) is 0 Å². The van der Waals surface area contributed by atoms with Crippen molar-refractivity contribution in [2.24, 2.45) is 0 Å². The topological polar surface area (TPSA) is 55.4 Å². The number of hydrogen-bond acceptors (Lipinski definition) is 4. The van der Waals surface area contributed by atoms with Crippen molar-refractivity contribution in [2.45, 2.75) is 49.0 Å². The number of alkyl halides is 2. The molecule has 1 N–H and O–H groups in total. The predicted molar refractivity (Wildman–Crippen MR) is 76.3 cm³/mol. The highest BCUT2D eigenvalue weighted by Gasteiger charge is 2.32. The predicted octanol–water partition coefficient (Wildman–Crippen LogP) is 3.05. The van der Waals surface area contributed by atoms with E-state index in [9.17, 15) is 17.2 Å². The van der Waals surface area contributed by atoms with Crippen molar-refractivity contribution in [3.8, 4) is 0 Å². The second-order valence-corrected chi connectivity index (χ2v) is 7.63. The molecule has 0 bridgehead atoms. The second kappa shape index (κ2) is 5.88. The standard InChI is InChI=1S/C14H19F2NO3S/c1-14(2)9-10(7-8-20-14)17-11-5-3-4-6-12(11)21(18,19)13(15)16/h3-6,10,13,17H,7-9H2,1-2H3. The van der Waals surface area contributed by atoms with E-state index < -0.39 is 15.6 Å². The summed E-state index contributed by atoms with van der Waals surface area (Å²) in [5.41, 5.74) is -0.0904. The van der Waals surface area contributed by atoms with Gasteiger partial charge < -0.3 is 10.1 Å². The highest BCUT2D eigenvalue weighted by molar-refractivity contribution is 7.91. The average Bonchev–Trinajstić information content (AvgIpc) is 2.37. The Labute approximate surface area is 123 Å². The van der Waals surface area contributed by atoms with Crippen LogP contribution in [0.4, 0.5) is 14.5 Å². The van der Waals surface area contributed by atoms with Crippen LogP contribution in [0.2, 0.25) is 0 Å². The molecule has 0 spiro atoms. The lowest BCUT2D eigenvalue weighted by Gasteiger charge is -2.36. The summed E-state index contributed by atoms with van der Waals surface area (Å²) >= 11 is 0. The molecule has 2 rings (SSSR count). The fraction of sp³-hybridized carbons (Fsp3) is 0.571. The van der Waals surface area contributed by atoms with Crippen LogP contribution in [0.25, 0.3) is 0 Å². The molecule has 1 aliphatic heterocycles. The van der Waals surface area contributed by atoms with Gasteiger partial charge in [-0.15, -0.1) is 0 Å². The molecule has 1 fully saturated rings. The zero-order valence-electron chi connectivity index (χ0n) is 12.0. The van der Waals surface area contributed by atoms with Crippen molar-refractivity contribution >= 4 is 15.5 Å². The number of rotatable bonds is 4. The lowest BCUT2D eigenvalue weighted by Crippen LogP contribution is -2.40. The van der Waals surface area contributed by atoms with Crippen LogP contribution in [0.5, 0.6) is 0 Å². The van der Waals surface area contributed by atoms with Crippen LogP contribution >= 0.6 is 0 Å². The van der Waals surface area contributed by atoms with Gasteiger partial charge in [0.25, 0.3) is 0 Å². The summed E-state index contributed by atoms with van der Waals surface area (Å²) in [5.74, 6) is -3.42. The smallest absolute Gasteiger partial charge is 0.341 e. The van der Waals surface area contributed by atoms with Gasteiger partial charge in [-0.3, -0.25) is 0 Å². The number of anilines is 1. The molecule has 1 atom stereocenters. The first-order valence-electron chi connectivity index (χ1n) is 6.74. The molecule has 0 saturated carbocycles. The average molecular weight is 319 g/mol. The van der Waals surface area contributed by atoms with Crippen LogP contribution in [-0.2, 0) is 14.6 Å². The molecule has 1 aromatic carbocycles. The first kappa shape index (κ1) is 16.2. The number of hydrogen-bond donors (Lipinski definition) is 1. The third-order valence-electron chi connectivity index (χ3n) is 3.48. The molecule has 21 heavy (non-hydrogen) atoms. The first-order valence-corrected chi connectivity index (χ1v) is 8.28. The number of benzene rings is 1. The van der Waals surface area contributed by atoms with Gasteiger partial charge in [-0.2, -0.15) is 8.78 Å². The second-order valence-electron chi connectivity index (χ2n) is 5.74. The number of sulfone groups is 1. The van der Waals surface area contributed by atoms with E-state index in [1.54, 1.807) is 6.07 Å². The summed E-state index contributed by atoms with van der Waals surface area (Å²) in [6, 6.07) is 5.76. The molecular weight excluding hydrogens is 300 g/mol. The summed E-state index contributed by atoms with van der Waals surface area (Å²) in [7, 11) is -4.61. The maximum Gasteiger partial charge on any atom is 0.341 e. The highest BCUT2D eigenvalue weighted by Crippen LogP contribution is 2.30. The molecule has 0 aromatic heterocycles. The Bertz CT molecular complexity index is 602. The van der Waals surface area contributed by atoms with Crippen LogP contribution < -0.4 is 5.32 Å². The van der Waals surface area contributed by atoms with Gasteiger partial charge in [0.1, 0.15) is 0 Å². The normalized spacial score (nSPS) is 22.2. The van der Waals surface area contributed by atoms with E-state index in [0.29, 0.717) is 19.4 Å². The Morgan fingerprint density at radius 2 is 2.00 bits per heavy atom. The molecule has 0 amide bonds. The number of nitrogens with one attached hydrogen (secondary N) is 1. The van der Waals surface area contributed by atoms with Crippen LogP contribution in [0.3, 0.4) is 0 Å². The van der Waals surface area contributed by atoms with Crippen molar-refractivity contribution in [2.75, 3.05) is 11.9 Å². The van der Waals surface area contributed by atoms with E-state index in [1.165, 1.54) is 18.2 Å². The van der Waals surface area contributed by atoms with E-state index >= 15 is 0 Å². The zero-order chi connectivity index (χ0) is 15.7. The van der Waals surface area contributed by atoms with Gasteiger partial charge in [0.2, 0.25) is 9.84 Å². The first-order chi connectivity index (χ1) is 9.72. The lowest BCUT2D eigenvalue weighted by molar-refractivity contribution is -0.0553. The fourth-order valence-corrected chi connectivity index (χ4v) is 3.40. The van der Waals surface area contributed by atoms with E-state index in [2.05, 4.69) is 5.32 Å². The van der Waals surface area contributed by atoms with Crippen molar-refractivity contribution in [3.63, 3.8) is 0 Å².